The smallest absolute Gasteiger partial charge is 0.237 e. The average molecular weight is 304 g/mol. The number of benzene rings is 1. The number of rotatable bonds is 1. The van der Waals surface area contributed by atoms with E-state index in [4.69, 9.17) is 11.6 Å². The van der Waals surface area contributed by atoms with Gasteiger partial charge in [-0.1, -0.05) is 11.6 Å². The lowest BCUT2D eigenvalue weighted by Gasteiger charge is -2.24. The molecule has 0 atom stereocenters. The average Bonchev–Trinajstić information content (AvgIpc) is 2.61. The Bertz CT molecular complexity index is 768. The highest BCUT2D eigenvalue weighted by atomic mass is 35.5. The van der Waals surface area contributed by atoms with Gasteiger partial charge in [0, 0.05) is 22.5 Å². The van der Waals surface area contributed by atoms with Crippen LogP contribution in [0, 0.1) is 6.92 Å². The molecule has 1 aromatic carbocycles. The van der Waals surface area contributed by atoms with Crippen molar-refractivity contribution in [2.75, 3.05) is 4.90 Å². The van der Waals surface area contributed by atoms with E-state index in [1.807, 2.05) is 51.7 Å². The number of nitrogens with zero attached hydrogens (tertiary/aromatic N) is 3. The van der Waals surface area contributed by atoms with Crippen LogP contribution in [0.5, 0.6) is 0 Å². The van der Waals surface area contributed by atoms with Crippen molar-refractivity contribution in [2.24, 2.45) is 0 Å². The van der Waals surface area contributed by atoms with Crippen molar-refractivity contribution in [3.8, 4) is 0 Å². The Hall–Kier alpha value is -1.68. The van der Waals surface area contributed by atoms with Crippen molar-refractivity contribution >= 4 is 34.0 Å². The maximum atomic E-state index is 12.7. The Morgan fingerprint density at radius 2 is 1.86 bits per heavy atom. The minimum absolute atomic E-state index is 0.102. The van der Waals surface area contributed by atoms with Crippen molar-refractivity contribution in [2.45, 2.75) is 46.1 Å². The van der Waals surface area contributed by atoms with Crippen molar-refractivity contribution in [1.82, 2.24) is 10.2 Å². The van der Waals surface area contributed by atoms with E-state index in [0.29, 0.717) is 5.15 Å². The molecule has 0 spiro atoms. The molecule has 4 nitrogen and oxygen atoms in total. The number of fused-ring (bicyclic) bond motifs is 2. The first-order valence-electron chi connectivity index (χ1n) is 7.06. The third-order valence-electron chi connectivity index (χ3n) is 4.24. The molecular formula is C16H18ClN3O. The number of amides is 1. The summed E-state index contributed by atoms with van der Waals surface area (Å²) in [5.74, 6) is 0.123. The molecule has 0 unspecified atom stereocenters. The zero-order chi connectivity index (χ0) is 15.5. The molecule has 0 saturated carbocycles. The number of aryl methyl sites for hydroxylation is 1. The van der Waals surface area contributed by atoms with E-state index in [-0.39, 0.29) is 11.9 Å². The molecule has 0 bridgehead atoms. The molecule has 0 aliphatic carbocycles. The second-order valence-electron chi connectivity index (χ2n) is 6.39. The van der Waals surface area contributed by atoms with Crippen molar-refractivity contribution < 1.29 is 4.79 Å². The summed E-state index contributed by atoms with van der Waals surface area (Å²) in [6, 6.07) is 4.12. The number of hydrogen-bond acceptors (Lipinski definition) is 3. The molecule has 2 aromatic rings. The first kappa shape index (κ1) is 14.3. The van der Waals surface area contributed by atoms with Gasteiger partial charge in [-0.05, 0) is 52.3 Å². The summed E-state index contributed by atoms with van der Waals surface area (Å²) in [4.78, 5) is 14.6. The highest BCUT2D eigenvalue weighted by molar-refractivity contribution is 6.34. The van der Waals surface area contributed by atoms with Crippen LogP contribution < -0.4 is 4.90 Å². The van der Waals surface area contributed by atoms with Gasteiger partial charge in [0.25, 0.3) is 0 Å². The first-order valence-corrected chi connectivity index (χ1v) is 7.43. The fraction of sp³-hybridized carbons (Fsp3) is 0.438. The number of anilines is 1. The van der Waals surface area contributed by atoms with E-state index in [0.717, 1.165) is 27.7 Å². The van der Waals surface area contributed by atoms with E-state index in [1.165, 1.54) is 0 Å². The lowest BCUT2D eigenvalue weighted by Crippen LogP contribution is -2.40. The number of halogens is 1. The lowest BCUT2D eigenvalue weighted by atomic mass is 9.85. The summed E-state index contributed by atoms with van der Waals surface area (Å²) in [5.41, 5.74) is 2.25. The summed E-state index contributed by atoms with van der Waals surface area (Å²) in [5, 5.41) is 10.2. The molecule has 1 amide bonds. The van der Waals surface area contributed by atoms with E-state index in [9.17, 15) is 4.79 Å². The Balaban J connectivity index is 2.40. The molecule has 1 aliphatic heterocycles. The van der Waals surface area contributed by atoms with Gasteiger partial charge in [-0.15, -0.1) is 5.10 Å². The third-order valence-corrected chi connectivity index (χ3v) is 4.52. The standard InChI is InChI=1S/C16H18ClN3O/c1-8(2)20-13-7-11-10(9(3)18-19-14(11)17)6-12(13)16(4,5)15(20)21/h6-8H,1-5H3. The number of carbonyl (C=O) groups excluding carboxylic acids is 1. The molecule has 3 rings (SSSR count). The van der Waals surface area contributed by atoms with E-state index >= 15 is 0 Å². The molecule has 21 heavy (non-hydrogen) atoms. The van der Waals surface area contributed by atoms with Gasteiger partial charge in [0.15, 0.2) is 5.15 Å². The second kappa shape index (κ2) is 4.41. The quantitative estimate of drug-likeness (QED) is 0.808. The fourth-order valence-corrected chi connectivity index (χ4v) is 3.22. The van der Waals surface area contributed by atoms with Gasteiger partial charge in [-0.3, -0.25) is 4.79 Å². The Morgan fingerprint density at radius 1 is 1.19 bits per heavy atom. The minimum Gasteiger partial charge on any atom is -0.309 e. The molecule has 0 saturated heterocycles. The Labute approximate surface area is 129 Å². The lowest BCUT2D eigenvalue weighted by molar-refractivity contribution is -0.122. The fourth-order valence-electron chi connectivity index (χ4n) is 3.02. The number of aromatic nitrogens is 2. The summed E-state index contributed by atoms with van der Waals surface area (Å²) in [6.45, 7) is 9.87. The van der Waals surface area contributed by atoms with Gasteiger partial charge < -0.3 is 4.90 Å². The Kier molecular flexibility index (Phi) is 2.99. The molecule has 1 aromatic heterocycles. The zero-order valence-corrected chi connectivity index (χ0v) is 13.6. The van der Waals surface area contributed by atoms with Gasteiger partial charge >= 0.3 is 0 Å². The van der Waals surface area contributed by atoms with Crippen LogP contribution >= 0.6 is 11.6 Å². The van der Waals surface area contributed by atoms with E-state index < -0.39 is 5.41 Å². The van der Waals surface area contributed by atoms with Crippen LogP contribution in [0.15, 0.2) is 12.1 Å². The highest BCUT2D eigenvalue weighted by Gasteiger charge is 2.45. The Morgan fingerprint density at radius 3 is 2.48 bits per heavy atom. The van der Waals surface area contributed by atoms with Crippen LogP contribution in [-0.2, 0) is 10.2 Å². The van der Waals surface area contributed by atoms with Crippen LogP contribution in [-0.4, -0.2) is 22.1 Å². The molecular weight excluding hydrogens is 286 g/mol. The van der Waals surface area contributed by atoms with Crippen LogP contribution in [0.1, 0.15) is 39.0 Å². The largest absolute Gasteiger partial charge is 0.309 e. The molecule has 2 heterocycles. The molecule has 0 radical (unpaired) electrons. The molecule has 110 valence electrons. The first-order chi connectivity index (χ1) is 9.75. The molecule has 0 fully saturated rings. The van der Waals surface area contributed by atoms with Gasteiger partial charge in [0.1, 0.15) is 0 Å². The van der Waals surface area contributed by atoms with Crippen LogP contribution in [0.3, 0.4) is 0 Å². The third kappa shape index (κ3) is 1.85. The molecule has 0 N–H and O–H groups in total. The van der Waals surface area contributed by atoms with Gasteiger partial charge in [-0.25, -0.2) is 0 Å². The van der Waals surface area contributed by atoms with Crippen molar-refractivity contribution in [3.05, 3.63) is 28.5 Å². The number of carbonyl (C=O) groups is 1. The predicted octanol–water partition coefficient (Wildman–Crippen LogP) is 3.62. The van der Waals surface area contributed by atoms with Gasteiger partial charge in [0.2, 0.25) is 5.91 Å². The minimum atomic E-state index is -0.532. The maximum absolute atomic E-state index is 12.7. The molecule has 5 heteroatoms. The molecule has 1 aliphatic rings. The predicted molar refractivity (Wildman–Crippen MR) is 84.9 cm³/mol. The van der Waals surface area contributed by atoms with Crippen molar-refractivity contribution in [1.29, 1.82) is 0 Å². The normalized spacial score (nSPS) is 16.9. The van der Waals surface area contributed by atoms with Crippen molar-refractivity contribution in [3.63, 3.8) is 0 Å². The monoisotopic (exact) mass is 303 g/mol. The van der Waals surface area contributed by atoms with Gasteiger partial charge in [-0.2, -0.15) is 5.10 Å². The van der Waals surface area contributed by atoms with E-state index in [1.54, 1.807) is 0 Å². The summed E-state index contributed by atoms with van der Waals surface area (Å²) < 4.78 is 0. The topological polar surface area (TPSA) is 46.1 Å². The highest BCUT2D eigenvalue weighted by Crippen LogP contribution is 2.45. The zero-order valence-electron chi connectivity index (χ0n) is 12.9. The van der Waals surface area contributed by atoms with Crippen LogP contribution in [0.4, 0.5) is 5.69 Å². The number of hydrogen-bond donors (Lipinski definition) is 0. The summed E-state index contributed by atoms with van der Waals surface area (Å²) in [6.07, 6.45) is 0. The van der Waals surface area contributed by atoms with E-state index in [2.05, 4.69) is 10.2 Å². The maximum Gasteiger partial charge on any atom is 0.237 e. The van der Waals surface area contributed by atoms with Crippen LogP contribution in [0.25, 0.3) is 10.8 Å². The van der Waals surface area contributed by atoms with Crippen LogP contribution in [0.2, 0.25) is 5.15 Å². The van der Waals surface area contributed by atoms with Gasteiger partial charge in [0.05, 0.1) is 11.1 Å². The summed E-state index contributed by atoms with van der Waals surface area (Å²) >= 11 is 6.19. The summed E-state index contributed by atoms with van der Waals surface area (Å²) in [7, 11) is 0. The SMILES string of the molecule is Cc1nnc(Cl)c2cc3c(cc12)C(C)(C)C(=O)N3C(C)C. The second-order valence-corrected chi connectivity index (χ2v) is 6.74.